The zero-order chi connectivity index (χ0) is 14.2. The van der Waals surface area contributed by atoms with Crippen LogP contribution in [0.25, 0.3) is 0 Å². The van der Waals surface area contributed by atoms with E-state index in [2.05, 4.69) is 63.7 Å². The molecule has 0 heterocycles. The molecule has 0 amide bonds. The fourth-order valence-electron chi connectivity index (χ4n) is 1.69. The number of halogens is 4. The highest BCUT2D eigenvalue weighted by molar-refractivity contribution is 9.11. The van der Waals surface area contributed by atoms with Crippen molar-refractivity contribution in [2.24, 2.45) is 0 Å². The van der Waals surface area contributed by atoms with Crippen LogP contribution in [0.15, 0.2) is 42.2 Å². The second-order valence-electron chi connectivity index (χ2n) is 3.95. The fraction of sp³-hybridized carbons (Fsp3) is 0.0769. The molecule has 0 aliphatic rings. The van der Waals surface area contributed by atoms with Crippen molar-refractivity contribution >= 4 is 63.7 Å². The summed E-state index contributed by atoms with van der Waals surface area (Å²) < 4.78 is 3.30. The SMILES string of the molecule is Oc1cc(Br)c(Cc2c(Br)cc(O)cc2Br)c(Br)c1. The maximum Gasteiger partial charge on any atom is 0.117 e. The first-order valence-electron chi connectivity index (χ1n) is 5.22. The van der Waals surface area contributed by atoms with Gasteiger partial charge in [0.25, 0.3) is 0 Å². The van der Waals surface area contributed by atoms with Gasteiger partial charge in [-0.3, -0.25) is 0 Å². The predicted molar refractivity (Wildman–Crippen MR) is 89.8 cm³/mol. The average molecular weight is 516 g/mol. The van der Waals surface area contributed by atoms with E-state index in [1.54, 1.807) is 24.3 Å². The standard InChI is InChI=1S/C13H8Br4O2/c14-10-1-6(18)2-11(15)8(10)5-9-12(16)3-7(19)4-13(9)17/h1-4,18-19H,5H2. The monoisotopic (exact) mass is 512 g/mol. The summed E-state index contributed by atoms with van der Waals surface area (Å²) in [6.07, 6.45) is 0.642. The maximum absolute atomic E-state index is 9.52. The lowest BCUT2D eigenvalue weighted by atomic mass is 10.0. The molecule has 2 nitrogen and oxygen atoms in total. The lowest BCUT2D eigenvalue weighted by molar-refractivity contribution is 0.474. The van der Waals surface area contributed by atoms with Crippen LogP contribution in [0.5, 0.6) is 11.5 Å². The van der Waals surface area contributed by atoms with Crippen LogP contribution >= 0.6 is 63.7 Å². The van der Waals surface area contributed by atoms with Crippen molar-refractivity contribution in [1.29, 1.82) is 0 Å². The smallest absolute Gasteiger partial charge is 0.117 e. The van der Waals surface area contributed by atoms with Gasteiger partial charge in [0.2, 0.25) is 0 Å². The number of phenols is 2. The molecule has 19 heavy (non-hydrogen) atoms. The zero-order valence-electron chi connectivity index (χ0n) is 9.42. The van der Waals surface area contributed by atoms with Crippen molar-refractivity contribution < 1.29 is 10.2 Å². The Kier molecular flexibility index (Phi) is 4.98. The Bertz CT molecular complexity index is 539. The van der Waals surface area contributed by atoms with E-state index in [0.29, 0.717) is 6.42 Å². The number of aromatic hydroxyl groups is 2. The molecule has 0 aliphatic carbocycles. The van der Waals surface area contributed by atoms with E-state index in [0.717, 1.165) is 29.0 Å². The van der Waals surface area contributed by atoms with Crippen molar-refractivity contribution in [1.82, 2.24) is 0 Å². The molecule has 0 unspecified atom stereocenters. The Morgan fingerprint density at radius 2 is 0.895 bits per heavy atom. The predicted octanol–water partition coefficient (Wildman–Crippen LogP) is 5.74. The highest BCUT2D eigenvalue weighted by atomic mass is 79.9. The summed E-state index contributed by atoms with van der Waals surface area (Å²) in [5, 5.41) is 19.0. The van der Waals surface area contributed by atoms with E-state index in [9.17, 15) is 10.2 Å². The lowest BCUT2D eigenvalue weighted by Gasteiger charge is -2.12. The van der Waals surface area contributed by atoms with Gasteiger partial charge in [0.15, 0.2) is 0 Å². The Balaban J connectivity index is 2.48. The molecule has 2 N–H and O–H groups in total. The van der Waals surface area contributed by atoms with Crippen molar-refractivity contribution in [3.8, 4) is 11.5 Å². The van der Waals surface area contributed by atoms with Crippen LogP contribution in [0, 0.1) is 0 Å². The molecular weight excluding hydrogens is 508 g/mol. The van der Waals surface area contributed by atoms with Crippen LogP contribution in [0.4, 0.5) is 0 Å². The third-order valence-corrected chi connectivity index (χ3v) is 5.44. The van der Waals surface area contributed by atoms with Gasteiger partial charge in [-0.1, -0.05) is 63.7 Å². The molecule has 0 bridgehead atoms. The van der Waals surface area contributed by atoms with Gasteiger partial charge in [0.1, 0.15) is 11.5 Å². The number of hydrogen-bond donors (Lipinski definition) is 2. The van der Waals surface area contributed by atoms with Crippen LogP contribution in [-0.2, 0) is 6.42 Å². The van der Waals surface area contributed by atoms with E-state index < -0.39 is 0 Å². The molecule has 0 spiro atoms. The molecule has 0 saturated heterocycles. The summed E-state index contributed by atoms with van der Waals surface area (Å²) in [5.41, 5.74) is 2.04. The molecule has 0 atom stereocenters. The van der Waals surface area contributed by atoms with Gasteiger partial charge in [0, 0.05) is 24.3 Å². The lowest BCUT2D eigenvalue weighted by Crippen LogP contribution is -1.94. The Morgan fingerprint density at radius 1 is 0.632 bits per heavy atom. The summed E-state index contributed by atoms with van der Waals surface area (Å²) in [6.45, 7) is 0. The number of phenolic OH excluding ortho intramolecular Hbond substituents is 2. The van der Waals surface area contributed by atoms with E-state index in [-0.39, 0.29) is 11.5 Å². The summed E-state index contributed by atoms with van der Waals surface area (Å²) in [5.74, 6) is 0.401. The normalized spacial score (nSPS) is 10.7. The summed E-state index contributed by atoms with van der Waals surface area (Å²) in [7, 11) is 0. The molecule has 0 aromatic heterocycles. The van der Waals surface area contributed by atoms with Gasteiger partial charge in [-0.2, -0.15) is 0 Å². The molecule has 2 aromatic rings. The molecule has 0 fully saturated rings. The summed E-state index contributed by atoms with van der Waals surface area (Å²) in [6, 6.07) is 6.62. The molecule has 0 saturated carbocycles. The second-order valence-corrected chi connectivity index (χ2v) is 7.37. The third-order valence-electron chi connectivity index (χ3n) is 2.61. The molecule has 100 valence electrons. The molecule has 6 heteroatoms. The van der Waals surface area contributed by atoms with E-state index >= 15 is 0 Å². The minimum atomic E-state index is 0.200. The van der Waals surface area contributed by atoms with E-state index in [1.165, 1.54) is 0 Å². The summed E-state index contributed by atoms with van der Waals surface area (Å²) >= 11 is 13.8. The Morgan fingerprint density at radius 3 is 1.16 bits per heavy atom. The van der Waals surface area contributed by atoms with Crippen molar-refractivity contribution in [3.05, 3.63) is 53.3 Å². The minimum absolute atomic E-state index is 0.200. The number of rotatable bonds is 2. The number of benzene rings is 2. The van der Waals surface area contributed by atoms with Gasteiger partial charge < -0.3 is 10.2 Å². The first kappa shape index (κ1) is 15.4. The molecule has 0 radical (unpaired) electrons. The van der Waals surface area contributed by atoms with Crippen molar-refractivity contribution in [2.75, 3.05) is 0 Å². The molecular formula is C13H8Br4O2. The zero-order valence-corrected chi connectivity index (χ0v) is 15.8. The average Bonchev–Trinajstić information content (AvgIpc) is 2.25. The van der Waals surface area contributed by atoms with Gasteiger partial charge in [0.05, 0.1) is 0 Å². The fourth-order valence-corrected chi connectivity index (χ4v) is 4.58. The quantitative estimate of drug-likeness (QED) is 0.536. The Hall–Kier alpha value is -0.0400. The second kappa shape index (κ2) is 6.16. The first-order chi connectivity index (χ1) is 8.88. The van der Waals surface area contributed by atoms with Crippen LogP contribution < -0.4 is 0 Å². The van der Waals surface area contributed by atoms with E-state index in [1.807, 2.05) is 0 Å². The van der Waals surface area contributed by atoms with Crippen LogP contribution in [0.1, 0.15) is 11.1 Å². The molecule has 2 rings (SSSR count). The number of hydrogen-bond acceptors (Lipinski definition) is 2. The molecule has 0 aliphatic heterocycles. The maximum atomic E-state index is 9.52. The van der Waals surface area contributed by atoms with Gasteiger partial charge >= 0.3 is 0 Å². The summed E-state index contributed by atoms with van der Waals surface area (Å²) in [4.78, 5) is 0. The van der Waals surface area contributed by atoms with Crippen molar-refractivity contribution in [2.45, 2.75) is 6.42 Å². The van der Waals surface area contributed by atoms with Crippen LogP contribution in [0.2, 0.25) is 0 Å². The van der Waals surface area contributed by atoms with E-state index in [4.69, 9.17) is 0 Å². The largest absolute Gasteiger partial charge is 0.508 e. The Labute approximate surface area is 144 Å². The minimum Gasteiger partial charge on any atom is -0.508 e. The third kappa shape index (κ3) is 3.54. The van der Waals surface area contributed by atoms with Gasteiger partial charge in [-0.15, -0.1) is 0 Å². The highest BCUT2D eigenvalue weighted by Crippen LogP contribution is 2.37. The van der Waals surface area contributed by atoms with Crippen LogP contribution in [-0.4, -0.2) is 10.2 Å². The van der Waals surface area contributed by atoms with Crippen LogP contribution in [0.3, 0.4) is 0 Å². The molecule has 2 aromatic carbocycles. The van der Waals surface area contributed by atoms with Gasteiger partial charge in [-0.05, 0) is 35.4 Å². The van der Waals surface area contributed by atoms with Crippen molar-refractivity contribution in [3.63, 3.8) is 0 Å². The van der Waals surface area contributed by atoms with Gasteiger partial charge in [-0.25, -0.2) is 0 Å². The topological polar surface area (TPSA) is 40.5 Å². The highest BCUT2D eigenvalue weighted by Gasteiger charge is 2.13. The first-order valence-corrected chi connectivity index (χ1v) is 8.39.